The Morgan fingerprint density at radius 2 is 2.20 bits per heavy atom. The van der Waals surface area contributed by atoms with E-state index >= 15 is 0 Å². The van der Waals surface area contributed by atoms with Gasteiger partial charge >= 0.3 is 0 Å². The van der Waals surface area contributed by atoms with E-state index in [0.717, 1.165) is 34.6 Å². The molecule has 130 valence electrons. The number of halogens is 1. The maximum absolute atomic E-state index is 13.5. The second-order valence-electron chi connectivity index (χ2n) is 6.42. The van der Waals surface area contributed by atoms with Gasteiger partial charge in [0.2, 0.25) is 5.91 Å². The molecule has 1 aliphatic rings. The Bertz CT molecular complexity index is 912. The maximum Gasteiger partial charge on any atom is 0.229 e. The molecule has 4 rings (SSSR count). The molecule has 5 nitrogen and oxygen atoms in total. The van der Waals surface area contributed by atoms with Crippen LogP contribution in [0.1, 0.15) is 35.2 Å². The number of hydrogen-bond donors (Lipinski definition) is 0. The summed E-state index contributed by atoms with van der Waals surface area (Å²) in [6.07, 6.45) is 1.98. The zero-order valence-corrected chi connectivity index (χ0v) is 14.7. The summed E-state index contributed by atoms with van der Waals surface area (Å²) in [4.78, 5) is 18.7. The molecule has 2 aromatic heterocycles. The second kappa shape index (κ2) is 6.55. The molecule has 7 heteroatoms. The van der Waals surface area contributed by atoms with Gasteiger partial charge in [-0.1, -0.05) is 5.16 Å². The van der Waals surface area contributed by atoms with Gasteiger partial charge in [0, 0.05) is 35.5 Å². The molecular weight excluding hydrogens is 341 g/mol. The van der Waals surface area contributed by atoms with Gasteiger partial charge in [0.05, 0.1) is 12.1 Å². The largest absolute Gasteiger partial charge is 0.356 e. The first-order valence-corrected chi connectivity index (χ1v) is 9.22. The first kappa shape index (κ1) is 16.2. The third-order valence-electron chi connectivity index (χ3n) is 4.66. The predicted octanol–water partition coefficient (Wildman–Crippen LogP) is 3.68. The van der Waals surface area contributed by atoms with Crippen molar-refractivity contribution in [1.29, 1.82) is 0 Å². The molecule has 3 heterocycles. The van der Waals surface area contributed by atoms with Crippen molar-refractivity contribution in [2.45, 2.75) is 32.1 Å². The van der Waals surface area contributed by atoms with Crippen LogP contribution in [0, 0.1) is 12.7 Å². The van der Waals surface area contributed by atoms with Gasteiger partial charge in [0.1, 0.15) is 10.8 Å². The molecule has 0 N–H and O–H groups in total. The lowest BCUT2D eigenvalue weighted by molar-refractivity contribution is -0.131. The number of carbonyl (C=O) groups is 1. The van der Waals surface area contributed by atoms with E-state index in [1.807, 2.05) is 17.2 Å². The fraction of sp³-hybridized carbons (Fsp3) is 0.389. The van der Waals surface area contributed by atoms with Gasteiger partial charge in [0.25, 0.3) is 0 Å². The van der Waals surface area contributed by atoms with Crippen LogP contribution in [0.3, 0.4) is 0 Å². The number of aromatic nitrogens is 2. The van der Waals surface area contributed by atoms with Crippen molar-refractivity contribution in [3.05, 3.63) is 45.8 Å². The Hall–Kier alpha value is -2.28. The molecule has 3 aromatic rings. The molecule has 0 aliphatic carbocycles. The Morgan fingerprint density at radius 1 is 1.40 bits per heavy atom. The quantitative estimate of drug-likeness (QED) is 0.716. The summed E-state index contributed by atoms with van der Waals surface area (Å²) < 4.78 is 18.8. The van der Waals surface area contributed by atoms with E-state index in [0.29, 0.717) is 25.1 Å². The monoisotopic (exact) mass is 359 g/mol. The Kier molecular flexibility index (Phi) is 4.25. The zero-order chi connectivity index (χ0) is 17.4. The number of rotatable bonds is 3. The van der Waals surface area contributed by atoms with E-state index in [-0.39, 0.29) is 17.6 Å². The number of thiazole rings is 1. The van der Waals surface area contributed by atoms with E-state index in [4.69, 9.17) is 4.52 Å². The highest BCUT2D eigenvalue weighted by Crippen LogP contribution is 2.33. The highest BCUT2D eigenvalue weighted by atomic mass is 32.1. The van der Waals surface area contributed by atoms with Gasteiger partial charge in [-0.2, -0.15) is 0 Å². The SMILES string of the molecule is Cc1csc(CC(=O)N2CCC(c3noc4ccc(F)cc34)CC2)n1. The highest BCUT2D eigenvalue weighted by molar-refractivity contribution is 7.09. The van der Waals surface area contributed by atoms with Crippen LogP contribution < -0.4 is 0 Å². The molecule has 1 aliphatic heterocycles. The van der Waals surface area contributed by atoms with Crippen molar-refractivity contribution < 1.29 is 13.7 Å². The molecule has 1 aromatic carbocycles. The lowest BCUT2D eigenvalue weighted by Crippen LogP contribution is -2.38. The van der Waals surface area contributed by atoms with Crippen LogP contribution >= 0.6 is 11.3 Å². The number of benzene rings is 1. The summed E-state index contributed by atoms with van der Waals surface area (Å²) in [6.45, 7) is 3.29. The van der Waals surface area contributed by atoms with Crippen molar-refractivity contribution >= 4 is 28.2 Å². The molecule has 0 unspecified atom stereocenters. The predicted molar refractivity (Wildman–Crippen MR) is 93.1 cm³/mol. The molecule has 0 atom stereocenters. The molecule has 1 fully saturated rings. The van der Waals surface area contributed by atoms with Crippen molar-refractivity contribution in [2.24, 2.45) is 0 Å². The fourth-order valence-corrected chi connectivity index (χ4v) is 4.11. The Morgan fingerprint density at radius 3 is 2.92 bits per heavy atom. The molecule has 0 saturated carbocycles. The first-order valence-electron chi connectivity index (χ1n) is 8.34. The van der Waals surface area contributed by atoms with E-state index < -0.39 is 0 Å². The standard InChI is InChI=1S/C18H18FN3O2S/c1-11-10-25-16(20-11)9-17(23)22-6-4-12(5-7-22)18-14-8-13(19)2-3-15(14)24-21-18/h2-3,8,10,12H,4-7,9H2,1H3. The van der Waals surface area contributed by atoms with Gasteiger partial charge in [-0.15, -0.1) is 11.3 Å². The summed E-state index contributed by atoms with van der Waals surface area (Å²) in [7, 11) is 0. The van der Waals surface area contributed by atoms with Crippen molar-refractivity contribution in [3.63, 3.8) is 0 Å². The number of hydrogen-bond acceptors (Lipinski definition) is 5. The third kappa shape index (κ3) is 3.28. The van der Waals surface area contributed by atoms with Crippen LogP contribution in [0.5, 0.6) is 0 Å². The molecule has 0 spiro atoms. The van der Waals surface area contributed by atoms with Gasteiger partial charge in [-0.25, -0.2) is 9.37 Å². The Labute approximate surface area is 148 Å². The number of aryl methyl sites for hydroxylation is 1. The summed E-state index contributed by atoms with van der Waals surface area (Å²) >= 11 is 1.53. The highest BCUT2D eigenvalue weighted by Gasteiger charge is 2.27. The van der Waals surface area contributed by atoms with Gasteiger partial charge in [-0.3, -0.25) is 4.79 Å². The van der Waals surface area contributed by atoms with Crippen molar-refractivity contribution in [2.75, 3.05) is 13.1 Å². The third-order valence-corrected chi connectivity index (χ3v) is 5.63. The van der Waals surface area contributed by atoms with E-state index in [2.05, 4.69) is 10.1 Å². The minimum atomic E-state index is -0.289. The average Bonchev–Trinajstić information content (AvgIpc) is 3.20. The van der Waals surface area contributed by atoms with Crippen LogP contribution in [0.2, 0.25) is 0 Å². The number of likely N-dealkylation sites (tertiary alicyclic amines) is 1. The molecule has 1 saturated heterocycles. The smallest absolute Gasteiger partial charge is 0.229 e. The van der Waals surface area contributed by atoms with Gasteiger partial charge < -0.3 is 9.42 Å². The van der Waals surface area contributed by atoms with Gasteiger partial charge in [-0.05, 0) is 38.0 Å². The lowest BCUT2D eigenvalue weighted by atomic mass is 9.91. The van der Waals surface area contributed by atoms with Crippen molar-refractivity contribution in [1.82, 2.24) is 15.0 Å². The molecule has 1 amide bonds. The van der Waals surface area contributed by atoms with Gasteiger partial charge in [0.15, 0.2) is 5.58 Å². The van der Waals surface area contributed by atoms with Crippen LogP contribution in [0.25, 0.3) is 11.0 Å². The molecule has 25 heavy (non-hydrogen) atoms. The minimum absolute atomic E-state index is 0.115. The number of carbonyl (C=O) groups excluding carboxylic acids is 1. The van der Waals surface area contributed by atoms with Crippen LogP contribution in [0.15, 0.2) is 28.1 Å². The van der Waals surface area contributed by atoms with Crippen molar-refractivity contribution in [3.8, 4) is 0 Å². The maximum atomic E-state index is 13.5. The number of amides is 1. The fourth-order valence-electron chi connectivity index (χ4n) is 3.35. The summed E-state index contributed by atoms with van der Waals surface area (Å²) in [5.41, 5.74) is 2.36. The normalized spacial score (nSPS) is 15.8. The average molecular weight is 359 g/mol. The Balaban J connectivity index is 1.42. The molecule has 0 bridgehead atoms. The van der Waals surface area contributed by atoms with Crippen LogP contribution in [0.4, 0.5) is 4.39 Å². The van der Waals surface area contributed by atoms with E-state index in [9.17, 15) is 9.18 Å². The van der Waals surface area contributed by atoms with E-state index in [1.54, 1.807) is 6.07 Å². The summed E-state index contributed by atoms with van der Waals surface area (Å²) in [6, 6.07) is 4.46. The minimum Gasteiger partial charge on any atom is -0.356 e. The summed E-state index contributed by atoms with van der Waals surface area (Å²) in [5, 5.41) is 7.71. The molecule has 0 radical (unpaired) electrons. The van der Waals surface area contributed by atoms with Crippen LogP contribution in [-0.2, 0) is 11.2 Å². The van der Waals surface area contributed by atoms with E-state index in [1.165, 1.54) is 23.5 Å². The lowest BCUT2D eigenvalue weighted by Gasteiger charge is -2.31. The summed E-state index contributed by atoms with van der Waals surface area (Å²) in [5.74, 6) is 0.0152. The number of nitrogens with zero attached hydrogens (tertiary/aromatic N) is 3. The topological polar surface area (TPSA) is 59.2 Å². The number of piperidine rings is 1. The number of fused-ring (bicyclic) bond motifs is 1. The second-order valence-corrected chi connectivity index (χ2v) is 7.37. The zero-order valence-electron chi connectivity index (χ0n) is 13.9. The van der Waals surface area contributed by atoms with Crippen LogP contribution in [-0.4, -0.2) is 34.0 Å². The molecular formula is C18H18FN3O2S. The first-order chi connectivity index (χ1) is 12.1.